The molecule has 2 rings (SSSR count). The lowest BCUT2D eigenvalue weighted by molar-refractivity contribution is 0.100. The maximum Gasteiger partial charge on any atom is 0.330 e. The Hall–Kier alpha value is -2.33. The Morgan fingerprint density at radius 3 is 2.78 bits per heavy atom. The second kappa shape index (κ2) is 4.16. The summed E-state index contributed by atoms with van der Waals surface area (Å²) in [7, 11) is 0. The van der Waals surface area contributed by atoms with Crippen LogP contribution in [0.25, 0.3) is 10.2 Å². The Bertz CT molecular complexity index is 804. The Labute approximate surface area is 105 Å². The van der Waals surface area contributed by atoms with E-state index in [2.05, 4.69) is 10.9 Å². The minimum absolute atomic E-state index is 0.120. The first-order chi connectivity index (χ1) is 8.47. The van der Waals surface area contributed by atoms with Crippen LogP contribution in [0.3, 0.4) is 0 Å². The van der Waals surface area contributed by atoms with E-state index in [1.807, 2.05) is 0 Å². The molecule has 2 aromatic rings. The van der Waals surface area contributed by atoms with Crippen LogP contribution in [-0.2, 0) is 6.54 Å². The predicted octanol–water partition coefficient (Wildman–Crippen LogP) is -0.208. The molecule has 18 heavy (non-hydrogen) atoms. The number of hydrogen-bond donors (Lipinski definition) is 2. The van der Waals surface area contributed by atoms with Crippen molar-refractivity contribution >= 4 is 27.5 Å². The number of aromatic amines is 1. The van der Waals surface area contributed by atoms with Gasteiger partial charge in [0.1, 0.15) is 4.83 Å². The Balaban J connectivity index is 2.95. The number of nitrogens with zero attached hydrogens (tertiary/aromatic N) is 1. The number of thiophene rings is 1. The van der Waals surface area contributed by atoms with Crippen LogP contribution in [0, 0.1) is 19.3 Å². The molecule has 6 nitrogen and oxygen atoms in total. The van der Waals surface area contributed by atoms with Gasteiger partial charge in [-0.25, -0.2) is 9.36 Å². The SMILES string of the molecule is C#CCn1c(=O)[nH]c2sc(C(N)=O)c(C)c2c1=O. The number of amides is 1. The largest absolute Gasteiger partial charge is 0.365 e. The summed E-state index contributed by atoms with van der Waals surface area (Å²) in [6.07, 6.45) is 5.10. The van der Waals surface area contributed by atoms with Crippen molar-refractivity contribution in [3.05, 3.63) is 31.3 Å². The molecule has 0 saturated carbocycles. The van der Waals surface area contributed by atoms with E-state index < -0.39 is 17.2 Å². The molecule has 3 N–H and O–H groups in total. The standard InChI is InChI=1S/C11H9N3O3S/c1-3-4-14-10(16)6-5(2)7(8(12)15)18-9(6)13-11(14)17/h1H,4H2,2H3,(H2,12,15)(H,13,17). The molecule has 0 saturated heterocycles. The molecule has 0 aliphatic rings. The fourth-order valence-electron chi connectivity index (χ4n) is 1.72. The van der Waals surface area contributed by atoms with E-state index in [1.54, 1.807) is 6.92 Å². The number of hydrogen-bond acceptors (Lipinski definition) is 4. The van der Waals surface area contributed by atoms with Gasteiger partial charge in [0.15, 0.2) is 0 Å². The number of aryl methyl sites for hydroxylation is 1. The number of fused-ring (bicyclic) bond motifs is 1. The van der Waals surface area contributed by atoms with Crippen LogP contribution in [0.15, 0.2) is 9.59 Å². The van der Waals surface area contributed by atoms with Gasteiger partial charge in [-0.05, 0) is 12.5 Å². The van der Waals surface area contributed by atoms with Gasteiger partial charge in [-0.1, -0.05) is 5.92 Å². The molecule has 0 aliphatic carbocycles. The molecule has 0 atom stereocenters. The predicted molar refractivity (Wildman–Crippen MR) is 68.8 cm³/mol. The third-order valence-electron chi connectivity index (χ3n) is 2.54. The quantitative estimate of drug-likeness (QED) is 0.733. The molecule has 0 fully saturated rings. The van der Waals surface area contributed by atoms with Gasteiger partial charge in [0, 0.05) is 0 Å². The molecule has 2 heterocycles. The number of primary amides is 1. The first kappa shape index (κ1) is 12.1. The molecular weight excluding hydrogens is 254 g/mol. The molecule has 0 radical (unpaired) electrons. The molecule has 0 aromatic carbocycles. The third kappa shape index (κ3) is 1.63. The summed E-state index contributed by atoms with van der Waals surface area (Å²) in [5, 5.41) is 0.281. The van der Waals surface area contributed by atoms with Gasteiger partial charge in [0.25, 0.3) is 11.5 Å². The topological polar surface area (TPSA) is 97.9 Å². The summed E-state index contributed by atoms with van der Waals surface area (Å²) in [4.78, 5) is 38.1. The van der Waals surface area contributed by atoms with Gasteiger partial charge in [0.2, 0.25) is 0 Å². The Morgan fingerprint density at radius 1 is 1.56 bits per heavy atom. The summed E-state index contributed by atoms with van der Waals surface area (Å²) >= 11 is 0.992. The van der Waals surface area contributed by atoms with E-state index in [4.69, 9.17) is 12.2 Å². The number of rotatable bonds is 2. The number of nitrogens with one attached hydrogen (secondary N) is 1. The summed E-state index contributed by atoms with van der Waals surface area (Å²) in [6, 6.07) is 0. The zero-order chi connectivity index (χ0) is 13.4. The maximum absolute atomic E-state index is 12.1. The number of H-pyrrole nitrogens is 1. The number of aromatic nitrogens is 2. The van der Waals surface area contributed by atoms with Crippen molar-refractivity contribution in [3.63, 3.8) is 0 Å². The van der Waals surface area contributed by atoms with Gasteiger partial charge in [-0.2, -0.15) is 0 Å². The second-order valence-electron chi connectivity index (χ2n) is 3.65. The van der Waals surface area contributed by atoms with Gasteiger partial charge >= 0.3 is 5.69 Å². The first-order valence-corrected chi connectivity index (χ1v) is 5.78. The number of terminal acetylenes is 1. The molecule has 0 unspecified atom stereocenters. The number of carbonyl (C=O) groups is 1. The van der Waals surface area contributed by atoms with E-state index in [0.717, 1.165) is 15.9 Å². The van der Waals surface area contributed by atoms with Crippen LogP contribution in [0.5, 0.6) is 0 Å². The van der Waals surface area contributed by atoms with E-state index in [1.165, 1.54) is 0 Å². The second-order valence-corrected chi connectivity index (χ2v) is 4.67. The highest BCUT2D eigenvalue weighted by atomic mass is 32.1. The van der Waals surface area contributed by atoms with Gasteiger partial charge in [-0.15, -0.1) is 17.8 Å². The molecule has 7 heteroatoms. The minimum atomic E-state index is -0.627. The molecular formula is C11H9N3O3S. The van der Waals surface area contributed by atoms with E-state index >= 15 is 0 Å². The molecule has 1 amide bonds. The van der Waals surface area contributed by atoms with E-state index in [-0.39, 0.29) is 16.8 Å². The average molecular weight is 263 g/mol. The summed E-state index contributed by atoms with van der Waals surface area (Å²) in [5.74, 6) is 1.61. The lowest BCUT2D eigenvalue weighted by Gasteiger charge is -1.99. The fourth-order valence-corrected chi connectivity index (χ4v) is 2.76. The Morgan fingerprint density at radius 2 is 2.22 bits per heavy atom. The van der Waals surface area contributed by atoms with Crippen molar-refractivity contribution in [2.45, 2.75) is 13.5 Å². The van der Waals surface area contributed by atoms with Crippen molar-refractivity contribution in [1.82, 2.24) is 9.55 Å². The first-order valence-electron chi connectivity index (χ1n) is 4.96. The highest BCUT2D eigenvalue weighted by Gasteiger charge is 2.18. The van der Waals surface area contributed by atoms with Crippen LogP contribution >= 0.6 is 11.3 Å². The lowest BCUT2D eigenvalue weighted by atomic mass is 10.2. The van der Waals surface area contributed by atoms with Crippen molar-refractivity contribution in [2.24, 2.45) is 5.73 Å². The van der Waals surface area contributed by atoms with Gasteiger partial charge < -0.3 is 5.73 Å². The fraction of sp³-hybridized carbons (Fsp3) is 0.182. The van der Waals surface area contributed by atoms with Crippen LogP contribution in [0.1, 0.15) is 15.2 Å². The van der Waals surface area contributed by atoms with Crippen molar-refractivity contribution in [3.8, 4) is 12.3 Å². The minimum Gasteiger partial charge on any atom is -0.365 e. The highest BCUT2D eigenvalue weighted by Crippen LogP contribution is 2.25. The number of nitrogens with two attached hydrogens (primary N) is 1. The molecule has 92 valence electrons. The molecule has 2 aromatic heterocycles. The van der Waals surface area contributed by atoms with E-state index in [9.17, 15) is 14.4 Å². The average Bonchev–Trinajstić information content (AvgIpc) is 2.62. The monoisotopic (exact) mass is 263 g/mol. The normalized spacial score (nSPS) is 10.4. The van der Waals surface area contributed by atoms with Crippen LogP contribution in [0.4, 0.5) is 0 Å². The van der Waals surface area contributed by atoms with Crippen LogP contribution in [-0.4, -0.2) is 15.5 Å². The number of carbonyl (C=O) groups excluding carboxylic acids is 1. The van der Waals surface area contributed by atoms with Crippen molar-refractivity contribution < 1.29 is 4.79 Å². The Kier molecular flexibility index (Phi) is 2.80. The van der Waals surface area contributed by atoms with Crippen molar-refractivity contribution in [1.29, 1.82) is 0 Å². The van der Waals surface area contributed by atoms with Gasteiger partial charge in [0.05, 0.1) is 16.8 Å². The highest BCUT2D eigenvalue weighted by molar-refractivity contribution is 7.20. The van der Waals surface area contributed by atoms with E-state index in [0.29, 0.717) is 10.4 Å². The summed E-state index contributed by atoms with van der Waals surface area (Å²) in [6.45, 7) is 1.49. The molecule has 0 spiro atoms. The maximum atomic E-state index is 12.1. The zero-order valence-electron chi connectivity index (χ0n) is 9.44. The lowest BCUT2D eigenvalue weighted by Crippen LogP contribution is -2.34. The molecule has 0 bridgehead atoms. The smallest absolute Gasteiger partial charge is 0.330 e. The third-order valence-corrected chi connectivity index (χ3v) is 3.77. The van der Waals surface area contributed by atoms with Gasteiger partial charge in [-0.3, -0.25) is 14.6 Å². The van der Waals surface area contributed by atoms with Crippen LogP contribution in [0.2, 0.25) is 0 Å². The summed E-state index contributed by atoms with van der Waals surface area (Å²) in [5.41, 5.74) is 4.57. The zero-order valence-corrected chi connectivity index (χ0v) is 10.3. The molecule has 0 aliphatic heterocycles. The van der Waals surface area contributed by atoms with Crippen LogP contribution < -0.4 is 17.0 Å². The summed E-state index contributed by atoms with van der Waals surface area (Å²) < 4.78 is 0.910. The van der Waals surface area contributed by atoms with Crippen molar-refractivity contribution in [2.75, 3.05) is 0 Å².